The first kappa shape index (κ1) is 23.1. The Morgan fingerprint density at radius 2 is 1.77 bits per heavy atom. The summed E-state index contributed by atoms with van der Waals surface area (Å²) in [5.41, 5.74) is 5.40. The van der Waals surface area contributed by atoms with Gasteiger partial charge in [-0.25, -0.2) is 4.98 Å². The van der Waals surface area contributed by atoms with E-state index < -0.39 is 0 Å². The van der Waals surface area contributed by atoms with Gasteiger partial charge < -0.3 is 25.2 Å². The molecule has 5 rings (SSSR count). The number of hydrogen-bond acceptors (Lipinski definition) is 7. The van der Waals surface area contributed by atoms with Crippen LogP contribution in [0.5, 0.6) is 0 Å². The fourth-order valence-corrected chi connectivity index (χ4v) is 4.69. The largest absolute Gasteiger partial charge is 0.392 e. The molecule has 4 aromatic rings. The molecule has 35 heavy (non-hydrogen) atoms. The van der Waals surface area contributed by atoms with Gasteiger partial charge in [-0.2, -0.15) is 4.98 Å². The van der Waals surface area contributed by atoms with Crippen LogP contribution in [0.3, 0.4) is 0 Å². The molecule has 0 amide bonds. The predicted octanol–water partition coefficient (Wildman–Crippen LogP) is 3.77. The van der Waals surface area contributed by atoms with E-state index in [1.165, 1.54) is 11.3 Å². The third-order valence-electron chi connectivity index (χ3n) is 6.51. The van der Waals surface area contributed by atoms with Gasteiger partial charge in [-0.3, -0.25) is 4.90 Å². The van der Waals surface area contributed by atoms with Gasteiger partial charge in [-0.1, -0.05) is 18.2 Å². The normalized spacial score (nSPS) is 15.3. The van der Waals surface area contributed by atoms with Gasteiger partial charge in [0, 0.05) is 74.6 Å². The highest BCUT2D eigenvalue weighted by Gasteiger charge is 2.18. The maximum atomic E-state index is 9.61. The zero-order valence-corrected chi connectivity index (χ0v) is 20.4. The lowest BCUT2D eigenvalue weighted by atomic mass is 10.2. The standard InChI is InChI=1S/C27H33N7O/c1-20(35)18-32-13-15-33(16-14-32)24-9-7-23(8-10-24)30-27-29-17-21-11-12-34(26(21)31-27)19-22-5-3-4-6-25(22)28-2/h3-12,17,20,28,35H,13-16,18-19H2,1-2H3,(H,29,30,31)/t20-/m0/s1. The summed E-state index contributed by atoms with van der Waals surface area (Å²) in [5, 5.41) is 17.2. The third kappa shape index (κ3) is 5.39. The van der Waals surface area contributed by atoms with Crippen molar-refractivity contribution >= 4 is 34.0 Å². The average molecular weight is 472 g/mol. The van der Waals surface area contributed by atoms with E-state index in [0.717, 1.165) is 61.7 Å². The van der Waals surface area contributed by atoms with Crippen molar-refractivity contribution in [2.24, 2.45) is 0 Å². The number of para-hydroxylation sites is 1. The Hall–Kier alpha value is -3.62. The number of rotatable bonds is 8. The second-order valence-corrected chi connectivity index (χ2v) is 9.13. The van der Waals surface area contributed by atoms with Crippen molar-refractivity contribution < 1.29 is 5.11 Å². The molecule has 1 fully saturated rings. The SMILES string of the molecule is CNc1ccccc1Cn1ccc2cnc(Nc3ccc(N4CCN(C[C@H](C)O)CC4)cc3)nc21. The van der Waals surface area contributed by atoms with Crippen molar-refractivity contribution in [2.45, 2.75) is 19.6 Å². The highest BCUT2D eigenvalue weighted by atomic mass is 16.3. The minimum Gasteiger partial charge on any atom is -0.392 e. The zero-order valence-electron chi connectivity index (χ0n) is 20.4. The molecule has 0 radical (unpaired) electrons. The van der Waals surface area contributed by atoms with E-state index in [1.807, 2.05) is 26.2 Å². The summed E-state index contributed by atoms with van der Waals surface area (Å²) < 4.78 is 2.15. The highest BCUT2D eigenvalue weighted by Crippen LogP contribution is 2.23. The Kier molecular flexibility index (Phi) is 6.83. The lowest BCUT2D eigenvalue weighted by molar-refractivity contribution is 0.123. The first-order valence-corrected chi connectivity index (χ1v) is 12.2. The van der Waals surface area contributed by atoms with Crippen molar-refractivity contribution in [3.05, 3.63) is 72.6 Å². The van der Waals surface area contributed by atoms with Gasteiger partial charge in [-0.15, -0.1) is 0 Å². The monoisotopic (exact) mass is 471 g/mol. The third-order valence-corrected chi connectivity index (χ3v) is 6.51. The molecule has 0 unspecified atom stereocenters. The number of anilines is 4. The molecule has 1 aliphatic heterocycles. The van der Waals surface area contributed by atoms with Crippen LogP contribution in [0.15, 0.2) is 67.0 Å². The number of nitrogens with one attached hydrogen (secondary N) is 2. The number of aliphatic hydroxyl groups excluding tert-OH is 1. The molecule has 3 heterocycles. The Morgan fingerprint density at radius 3 is 2.51 bits per heavy atom. The number of piperazine rings is 1. The molecular weight excluding hydrogens is 438 g/mol. The van der Waals surface area contributed by atoms with Crippen LogP contribution >= 0.6 is 0 Å². The van der Waals surface area contributed by atoms with Gasteiger partial charge in [0.15, 0.2) is 0 Å². The summed E-state index contributed by atoms with van der Waals surface area (Å²) in [5.74, 6) is 0.582. The zero-order chi connectivity index (χ0) is 24.2. The molecule has 1 aliphatic rings. The number of benzene rings is 2. The highest BCUT2D eigenvalue weighted by molar-refractivity contribution is 5.77. The number of fused-ring (bicyclic) bond motifs is 1. The van der Waals surface area contributed by atoms with Crippen LogP contribution in [-0.2, 0) is 6.54 Å². The quantitative estimate of drug-likeness (QED) is 0.361. The van der Waals surface area contributed by atoms with Crippen molar-refractivity contribution in [2.75, 3.05) is 55.3 Å². The summed E-state index contributed by atoms with van der Waals surface area (Å²) in [4.78, 5) is 14.0. The molecule has 2 aromatic carbocycles. The van der Waals surface area contributed by atoms with Crippen molar-refractivity contribution in [1.82, 2.24) is 19.4 Å². The van der Waals surface area contributed by atoms with Crippen molar-refractivity contribution in [3.63, 3.8) is 0 Å². The second-order valence-electron chi connectivity index (χ2n) is 9.13. The van der Waals surface area contributed by atoms with E-state index in [1.54, 1.807) is 0 Å². The van der Waals surface area contributed by atoms with E-state index in [4.69, 9.17) is 4.98 Å². The summed E-state index contributed by atoms with van der Waals surface area (Å²) in [6.07, 6.45) is 3.65. The Morgan fingerprint density at radius 1 is 1.00 bits per heavy atom. The van der Waals surface area contributed by atoms with Gasteiger partial charge in [-0.05, 0) is 48.9 Å². The van der Waals surface area contributed by atoms with Gasteiger partial charge in [0.1, 0.15) is 5.65 Å². The molecule has 0 spiro atoms. The fraction of sp³-hybridized carbons (Fsp3) is 0.333. The maximum absolute atomic E-state index is 9.61. The smallest absolute Gasteiger partial charge is 0.229 e. The summed E-state index contributed by atoms with van der Waals surface area (Å²) in [6, 6.07) is 18.8. The maximum Gasteiger partial charge on any atom is 0.229 e. The Labute approximate surface area is 206 Å². The molecule has 0 saturated carbocycles. The summed E-state index contributed by atoms with van der Waals surface area (Å²) in [6.45, 7) is 7.19. The number of hydrogen-bond donors (Lipinski definition) is 3. The van der Waals surface area contributed by atoms with Crippen LogP contribution in [-0.4, -0.2) is 70.4 Å². The fourth-order valence-electron chi connectivity index (χ4n) is 4.69. The lowest BCUT2D eigenvalue weighted by Gasteiger charge is -2.36. The molecule has 1 saturated heterocycles. The molecule has 3 N–H and O–H groups in total. The molecule has 8 nitrogen and oxygen atoms in total. The topological polar surface area (TPSA) is 81.5 Å². The number of β-amino-alcohol motifs (C(OH)–C–C–N with tert-alkyl or cyclic N) is 1. The van der Waals surface area contributed by atoms with Crippen LogP contribution in [0.4, 0.5) is 23.0 Å². The van der Waals surface area contributed by atoms with Crippen molar-refractivity contribution in [3.8, 4) is 0 Å². The van der Waals surface area contributed by atoms with E-state index in [9.17, 15) is 5.11 Å². The van der Waals surface area contributed by atoms with Crippen LogP contribution in [0.25, 0.3) is 11.0 Å². The predicted molar refractivity (Wildman–Crippen MR) is 143 cm³/mol. The summed E-state index contributed by atoms with van der Waals surface area (Å²) in [7, 11) is 1.94. The molecule has 0 aliphatic carbocycles. The molecule has 182 valence electrons. The minimum absolute atomic E-state index is 0.277. The van der Waals surface area contributed by atoms with Crippen molar-refractivity contribution in [1.29, 1.82) is 0 Å². The van der Waals surface area contributed by atoms with Gasteiger partial charge in [0.2, 0.25) is 5.95 Å². The number of aliphatic hydroxyl groups is 1. The Balaban J connectivity index is 1.26. The summed E-state index contributed by atoms with van der Waals surface area (Å²) >= 11 is 0. The first-order valence-electron chi connectivity index (χ1n) is 12.2. The average Bonchev–Trinajstić information content (AvgIpc) is 3.27. The van der Waals surface area contributed by atoms with Crippen LogP contribution < -0.4 is 15.5 Å². The second kappa shape index (κ2) is 10.3. The molecule has 8 heteroatoms. The molecule has 0 bridgehead atoms. The number of aromatic nitrogens is 3. The molecule has 2 aromatic heterocycles. The molecular formula is C27H33N7O. The molecule has 1 atom stereocenters. The van der Waals surface area contributed by atoms with Gasteiger partial charge in [0.25, 0.3) is 0 Å². The van der Waals surface area contributed by atoms with E-state index in [-0.39, 0.29) is 6.10 Å². The Bertz CT molecular complexity index is 1260. The minimum atomic E-state index is -0.277. The van der Waals surface area contributed by atoms with E-state index in [2.05, 4.69) is 84.7 Å². The van der Waals surface area contributed by atoms with Crippen LogP contribution in [0.1, 0.15) is 12.5 Å². The number of nitrogens with zero attached hydrogens (tertiary/aromatic N) is 5. The van der Waals surface area contributed by atoms with E-state index in [0.29, 0.717) is 5.95 Å². The van der Waals surface area contributed by atoms with Crippen LogP contribution in [0.2, 0.25) is 0 Å². The first-order chi connectivity index (χ1) is 17.1. The van der Waals surface area contributed by atoms with Gasteiger partial charge in [0.05, 0.1) is 12.6 Å². The van der Waals surface area contributed by atoms with E-state index >= 15 is 0 Å². The van der Waals surface area contributed by atoms with Crippen LogP contribution in [0, 0.1) is 0 Å². The van der Waals surface area contributed by atoms with Gasteiger partial charge >= 0.3 is 0 Å². The lowest BCUT2D eigenvalue weighted by Crippen LogP contribution is -2.48.